The Bertz CT molecular complexity index is 3320. The molecule has 2 atom stereocenters. The summed E-state index contributed by atoms with van der Waals surface area (Å²) in [7, 11) is 4.47. The Morgan fingerprint density at radius 3 is 1.21 bits per heavy atom. The maximum Gasteiger partial charge on any atom is 0.210 e. The lowest BCUT2D eigenvalue weighted by atomic mass is 9.75. The molecule has 6 heteroatoms. The van der Waals surface area contributed by atoms with E-state index < -0.39 is 0 Å². The van der Waals surface area contributed by atoms with Crippen LogP contribution in [0.3, 0.4) is 0 Å². The summed E-state index contributed by atoms with van der Waals surface area (Å²) >= 11 is 0. The number of benzene rings is 7. The number of halogens is 2. The summed E-state index contributed by atoms with van der Waals surface area (Å²) in [6.07, 6.45) is 20.8. The molecule has 0 bridgehead atoms. The van der Waals surface area contributed by atoms with Crippen molar-refractivity contribution in [3.8, 4) is 0 Å². The highest BCUT2D eigenvalue weighted by Crippen LogP contribution is 2.52. The molecule has 0 fully saturated rings. The van der Waals surface area contributed by atoms with Crippen molar-refractivity contribution >= 4 is 55.7 Å². The van der Waals surface area contributed by atoms with Crippen molar-refractivity contribution in [2.24, 2.45) is 0 Å². The van der Waals surface area contributed by atoms with Gasteiger partial charge >= 0.3 is 0 Å². The highest BCUT2D eigenvalue weighted by molar-refractivity contribution is 6.09. The van der Waals surface area contributed by atoms with E-state index in [1.54, 1.807) is 0 Å². The number of hydrogen-bond donors (Lipinski definition) is 0. The first-order valence-electron chi connectivity index (χ1n) is 27.6. The van der Waals surface area contributed by atoms with Crippen LogP contribution in [-0.2, 0) is 34.5 Å². The molecule has 0 radical (unpaired) electrons. The lowest BCUT2D eigenvalue weighted by Crippen LogP contribution is -3.00. The van der Waals surface area contributed by atoms with Crippen LogP contribution in [0.2, 0.25) is 0 Å². The summed E-state index contributed by atoms with van der Waals surface area (Å²) in [6, 6.07) is 54.9. The number of para-hydroxylation sites is 2. The van der Waals surface area contributed by atoms with Gasteiger partial charge in [0.2, 0.25) is 11.4 Å². The Labute approximate surface area is 488 Å². The highest BCUT2D eigenvalue weighted by atomic mass is 127. The number of hydrogen-bond acceptors (Lipinski definition) is 2. The van der Waals surface area contributed by atoms with Gasteiger partial charge in [0.15, 0.2) is 11.4 Å². The molecular formula is C70H76I2N4. The monoisotopic (exact) mass is 1230 g/mol. The quantitative estimate of drug-likeness (QED) is 0.0795. The molecule has 0 N–H and O–H groups in total. The molecule has 0 amide bonds. The maximum atomic E-state index is 2.63. The lowest BCUT2D eigenvalue weighted by molar-refractivity contribution is -0.401. The minimum absolute atomic E-state index is 0. The van der Waals surface area contributed by atoms with Gasteiger partial charge in [-0.05, 0) is 147 Å². The molecule has 4 aliphatic rings. The molecule has 2 unspecified atom stereocenters. The van der Waals surface area contributed by atoms with Gasteiger partial charge in [-0.25, -0.2) is 0 Å². The SMILES string of the molecule is CCCCN1C(=CC=CC2=[N+](C)c3ccc4ccccc4c3C2(C)C)C(C)(Cc2ccc(CC3(C)C(=CC=CC4=[N+](C)c5ccc6ccccc6c5C4(C)C)N(CCCC)c4ccccc43)cc2)c2ccccc21.[I-].[I-]. The van der Waals surface area contributed by atoms with Crippen LogP contribution in [0.25, 0.3) is 21.5 Å². The smallest absolute Gasteiger partial charge is 0.210 e. The standard InChI is InChI=1S/C70H76N4.2HI/c1-11-13-45-73-57-31-21-19-29-55(57)69(7,63(73)35-23-33-61-67(3,4)65-53-27-17-15-25-51(53)41-43-59(65)71(61)9)47-49-37-39-50(40-38-49)48-70(8)56-30-20-22-32-58(56)74(46-14-12-2)64(70)36-24-34-62-68(5,6)66-54-28-18-16-26-52(54)42-44-60(66)72(62)10;;/h15-44H,11-14,45-48H2,1-10H3;2*1H/q+2;;/p-2. The van der Waals surface area contributed by atoms with Crippen molar-refractivity contribution in [3.05, 3.63) is 227 Å². The molecule has 4 heterocycles. The molecule has 390 valence electrons. The van der Waals surface area contributed by atoms with Gasteiger partial charge in [0.05, 0.1) is 10.8 Å². The summed E-state index contributed by atoms with van der Waals surface area (Å²) in [5.74, 6) is 0. The van der Waals surface area contributed by atoms with Gasteiger partial charge in [0.1, 0.15) is 14.1 Å². The van der Waals surface area contributed by atoms with Crippen molar-refractivity contribution in [2.75, 3.05) is 37.0 Å². The zero-order valence-corrected chi connectivity index (χ0v) is 50.8. The lowest BCUT2D eigenvalue weighted by Gasteiger charge is -2.31. The molecule has 4 nitrogen and oxygen atoms in total. The molecule has 0 spiro atoms. The molecule has 0 saturated heterocycles. The summed E-state index contributed by atoms with van der Waals surface area (Å²) in [6.45, 7) is 21.1. The van der Waals surface area contributed by atoms with Crippen LogP contribution in [0.1, 0.15) is 114 Å². The van der Waals surface area contributed by atoms with Crippen LogP contribution in [-0.4, -0.2) is 47.8 Å². The molecule has 7 aromatic carbocycles. The van der Waals surface area contributed by atoms with Gasteiger partial charge in [-0.3, -0.25) is 0 Å². The van der Waals surface area contributed by atoms with Crippen LogP contribution >= 0.6 is 0 Å². The second-order valence-corrected chi connectivity index (χ2v) is 23.2. The van der Waals surface area contributed by atoms with Gasteiger partial charge in [0, 0.05) is 82.1 Å². The first-order valence-corrected chi connectivity index (χ1v) is 27.6. The number of anilines is 2. The Hall–Kier alpha value is -5.58. The minimum Gasteiger partial charge on any atom is -1.00 e. The zero-order valence-electron chi connectivity index (χ0n) is 46.5. The van der Waals surface area contributed by atoms with E-state index in [0.29, 0.717) is 0 Å². The van der Waals surface area contributed by atoms with Crippen molar-refractivity contribution in [1.82, 2.24) is 0 Å². The van der Waals surface area contributed by atoms with E-state index in [9.17, 15) is 0 Å². The number of unbranched alkanes of at least 4 members (excludes halogenated alkanes) is 2. The molecule has 0 aromatic heterocycles. The number of allylic oxidation sites excluding steroid dienone is 8. The van der Waals surface area contributed by atoms with Gasteiger partial charge in [-0.15, -0.1) is 0 Å². The van der Waals surface area contributed by atoms with Crippen LogP contribution in [0.15, 0.2) is 193 Å². The Balaban J connectivity index is 0.00000353. The summed E-state index contributed by atoms with van der Waals surface area (Å²) in [5.41, 5.74) is 18.3. The molecule has 76 heavy (non-hydrogen) atoms. The fourth-order valence-corrected chi connectivity index (χ4v) is 14.0. The normalized spacial score (nSPS) is 21.1. The van der Waals surface area contributed by atoms with Gasteiger partial charge < -0.3 is 57.8 Å². The van der Waals surface area contributed by atoms with Gasteiger partial charge in [-0.2, -0.15) is 9.15 Å². The third-order valence-corrected chi connectivity index (χ3v) is 17.7. The number of fused-ring (bicyclic) bond motifs is 8. The third kappa shape index (κ3) is 9.14. The topological polar surface area (TPSA) is 12.5 Å². The van der Waals surface area contributed by atoms with Crippen LogP contribution in [0.5, 0.6) is 0 Å². The van der Waals surface area contributed by atoms with E-state index in [1.165, 1.54) is 100 Å². The van der Waals surface area contributed by atoms with E-state index >= 15 is 0 Å². The largest absolute Gasteiger partial charge is 1.00 e. The van der Waals surface area contributed by atoms with E-state index in [-0.39, 0.29) is 69.6 Å². The summed E-state index contributed by atoms with van der Waals surface area (Å²) < 4.78 is 4.82. The second kappa shape index (κ2) is 21.7. The first kappa shape index (κ1) is 55.2. The molecule has 0 aliphatic carbocycles. The van der Waals surface area contributed by atoms with Crippen molar-refractivity contribution in [1.29, 1.82) is 0 Å². The molecule has 7 aromatic rings. The summed E-state index contributed by atoms with van der Waals surface area (Å²) in [5, 5.41) is 5.29. The second-order valence-electron chi connectivity index (χ2n) is 23.2. The van der Waals surface area contributed by atoms with Crippen LogP contribution in [0, 0.1) is 0 Å². The van der Waals surface area contributed by atoms with Crippen LogP contribution < -0.4 is 57.8 Å². The third-order valence-electron chi connectivity index (χ3n) is 17.7. The maximum absolute atomic E-state index is 2.63. The van der Waals surface area contributed by atoms with Gasteiger partial charge in [-0.1, -0.05) is 148 Å². The predicted octanol–water partition coefficient (Wildman–Crippen LogP) is 10.5. The van der Waals surface area contributed by atoms with Crippen molar-refractivity contribution in [3.63, 3.8) is 0 Å². The zero-order chi connectivity index (χ0) is 51.6. The van der Waals surface area contributed by atoms with E-state index in [0.717, 1.165) is 51.6 Å². The minimum atomic E-state index is -0.218. The molecule has 0 saturated carbocycles. The fourth-order valence-electron chi connectivity index (χ4n) is 14.0. The Morgan fingerprint density at radius 2 is 0.816 bits per heavy atom. The number of nitrogens with zero attached hydrogens (tertiary/aromatic N) is 4. The Morgan fingerprint density at radius 1 is 0.447 bits per heavy atom. The van der Waals surface area contributed by atoms with E-state index in [1.807, 2.05) is 0 Å². The average molecular weight is 1230 g/mol. The van der Waals surface area contributed by atoms with Crippen molar-refractivity contribution in [2.45, 2.75) is 116 Å². The molecule has 11 rings (SSSR count). The Kier molecular flexibility index (Phi) is 15.7. The molecular weight excluding hydrogens is 1150 g/mol. The predicted molar refractivity (Wildman–Crippen MR) is 316 cm³/mol. The van der Waals surface area contributed by atoms with Gasteiger partial charge in [0.25, 0.3) is 0 Å². The fraction of sp³-hybridized carbons (Fsp3) is 0.314. The highest BCUT2D eigenvalue weighted by Gasteiger charge is 2.48. The van der Waals surface area contributed by atoms with Crippen molar-refractivity contribution < 1.29 is 57.1 Å². The number of rotatable bonds is 14. The average Bonchev–Trinajstić information content (AvgIpc) is 3.95. The summed E-state index contributed by atoms with van der Waals surface area (Å²) in [4.78, 5) is 5.26. The van der Waals surface area contributed by atoms with Crippen LogP contribution in [0.4, 0.5) is 22.7 Å². The van der Waals surface area contributed by atoms with E-state index in [4.69, 9.17) is 0 Å². The van der Waals surface area contributed by atoms with E-state index in [2.05, 4.69) is 270 Å². The molecule has 4 aliphatic heterocycles. The first-order chi connectivity index (χ1) is 35.7.